The molecule has 6 aromatic rings. The number of nitrogens with zero attached hydrogens (tertiary/aromatic N) is 4. The standard InChI is InChI=1S/C41H33N4OPS2.Os/c1-4-15-35-22-23-38(48-35)40-42-44-41(45-43-40)39-25-24-37(49-39)36(26-31-28-46-27-30(31)5-2)29(3)47(32-16-9-6-10-17-32,33-18-11-7-12-19-33)34-20-13-8-14-21-34;/h4-26H,27-28H2,1-2H3;/q+1;/b15-4+,30-5?,31-26?,36-29?;. The summed E-state index contributed by atoms with van der Waals surface area (Å²) in [6.45, 7) is 5.26. The van der Waals surface area contributed by atoms with Crippen LogP contribution >= 0.6 is 29.9 Å². The molecule has 1 fully saturated rings. The Balaban J connectivity index is 1.45. The first-order valence-electron chi connectivity index (χ1n) is 16.2. The molecule has 4 heterocycles. The Labute approximate surface area is 311 Å². The minimum absolute atomic E-state index is 0.503. The summed E-state index contributed by atoms with van der Waals surface area (Å²) in [7, 11) is -2.46. The Morgan fingerprint density at radius 1 is 0.680 bits per heavy atom. The van der Waals surface area contributed by atoms with E-state index in [2.05, 4.69) is 159 Å². The van der Waals surface area contributed by atoms with Crippen molar-refractivity contribution in [3.63, 3.8) is 0 Å². The molecule has 1 aliphatic rings. The van der Waals surface area contributed by atoms with E-state index < -0.39 is 7.26 Å². The Hall–Kier alpha value is -4.23. The first kappa shape index (κ1) is 34.2. The van der Waals surface area contributed by atoms with Crippen molar-refractivity contribution in [1.82, 2.24) is 20.4 Å². The Kier molecular flexibility index (Phi) is 10.8. The van der Waals surface area contributed by atoms with E-state index in [1.165, 1.54) is 32.4 Å². The number of hydrogen-bond acceptors (Lipinski definition) is 7. The molecule has 0 aliphatic carbocycles. The van der Waals surface area contributed by atoms with Gasteiger partial charge in [0.05, 0.1) is 0 Å². The van der Waals surface area contributed by atoms with Crippen molar-refractivity contribution in [1.29, 1.82) is 0 Å². The maximum atomic E-state index is 5.98. The van der Waals surface area contributed by atoms with Gasteiger partial charge in [-0.3, -0.25) is 0 Å². The van der Waals surface area contributed by atoms with E-state index in [1.54, 1.807) is 40.6 Å². The van der Waals surface area contributed by atoms with E-state index in [1.807, 2.05) is 19.1 Å². The summed E-state index contributed by atoms with van der Waals surface area (Å²) in [5, 5.41) is 23.0. The number of allylic oxidation sites excluding steroid dienone is 5. The zero-order chi connectivity index (χ0) is 34.3. The van der Waals surface area contributed by atoms with Gasteiger partial charge in [0.2, 0.25) is 0 Å². The summed E-state index contributed by atoms with van der Waals surface area (Å²) >= 11 is 5.06. The monoisotopic (exact) mass is 884 g/mol. The zero-order valence-corrected chi connectivity index (χ0v) is 32.6. The first-order chi connectivity index (χ1) is 24.6. The van der Waals surface area contributed by atoms with Gasteiger partial charge in [0.15, 0.2) is 0 Å². The van der Waals surface area contributed by atoms with Gasteiger partial charge in [0.1, 0.15) is 0 Å². The molecular formula is C41H33N4OOsPS2+. The molecule has 0 bridgehead atoms. The third-order valence-corrected chi connectivity index (χ3v) is 16.0. The van der Waals surface area contributed by atoms with E-state index >= 15 is 0 Å². The molecule has 0 atom stereocenters. The van der Waals surface area contributed by atoms with Crippen LogP contribution in [0, 0.1) is 4.37 Å². The molecule has 7 rings (SSSR count). The van der Waals surface area contributed by atoms with E-state index in [-0.39, 0.29) is 0 Å². The van der Waals surface area contributed by atoms with Crippen molar-refractivity contribution in [2.75, 3.05) is 13.2 Å². The molecule has 0 radical (unpaired) electrons. The topological polar surface area (TPSA) is 60.8 Å². The fourth-order valence-electron chi connectivity index (χ4n) is 6.12. The predicted octanol–water partition coefficient (Wildman–Crippen LogP) is 8.87. The SMILES string of the molecule is CC=C1COCC1=CC(=C([C]#[Os])[P+](c1ccccc1)(c1ccccc1)c1ccccc1)c1ccc(-c2nnc(-c3ccc(/C=C/C)s3)nn2)s1. The van der Waals surface area contributed by atoms with Gasteiger partial charge in [-0.25, -0.2) is 0 Å². The number of thiophene rings is 2. The molecule has 3 aromatic carbocycles. The zero-order valence-electron chi connectivity index (χ0n) is 27.5. The maximum absolute atomic E-state index is 5.98. The Bertz CT molecular complexity index is 2170. The van der Waals surface area contributed by atoms with Crippen LogP contribution in [0.5, 0.6) is 0 Å². The van der Waals surface area contributed by atoms with E-state index in [0.29, 0.717) is 24.9 Å². The van der Waals surface area contributed by atoms with Crippen molar-refractivity contribution in [2.24, 2.45) is 0 Å². The van der Waals surface area contributed by atoms with Gasteiger partial charge in [-0.15, -0.1) is 0 Å². The van der Waals surface area contributed by atoms with Crippen molar-refractivity contribution >= 4 is 57.5 Å². The summed E-state index contributed by atoms with van der Waals surface area (Å²) in [6, 6.07) is 41.1. The average Bonchev–Trinajstić information content (AvgIpc) is 3.96. The van der Waals surface area contributed by atoms with E-state index in [4.69, 9.17) is 4.74 Å². The van der Waals surface area contributed by atoms with Crippen LogP contribution in [0.25, 0.3) is 33.1 Å². The summed E-state index contributed by atoms with van der Waals surface area (Å²) in [5.41, 5.74) is 3.50. The van der Waals surface area contributed by atoms with Crippen LogP contribution < -0.4 is 15.9 Å². The molecule has 0 unspecified atom stereocenters. The number of rotatable bonds is 9. The number of hydrogen-bond donors (Lipinski definition) is 0. The van der Waals surface area contributed by atoms with Gasteiger partial charge in [0.25, 0.3) is 0 Å². The number of ether oxygens (including phenoxy) is 1. The van der Waals surface area contributed by atoms with Crippen molar-refractivity contribution < 1.29 is 22.7 Å². The summed E-state index contributed by atoms with van der Waals surface area (Å²) in [5.74, 6) is 1.03. The molecular weight excluding hydrogens is 850 g/mol. The molecule has 1 saturated heterocycles. The van der Waals surface area contributed by atoms with Gasteiger partial charge in [-0.2, -0.15) is 0 Å². The molecule has 0 saturated carbocycles. The molecule has 247 valence electrons. The molecule has 9 heteroatoms. The van der Waals surface area contributed by atoms with Gasteiger partial charge in [-0.05, 0) is 19.1 Å². The fourth-order valence-corrected chi connectivity index (χ4v) is 13.9. The van der Waals surface area contributed by atoms with Crippen LogP contribution in [-0.4, -0.2) is 33.6 Å². The third-order valence-electron chi connectivity index (χ3n) is 8.45. The Morgan fingerprint density at radius 2 is 1.20 bits per heavy atom. The molecule has 0 N–H and O–H groups in total. The number of aromatic nitrogens is 4. The van der Waals surface area contributed by atoms with Gasteiger partial charge >= 0.3 is 283 Å². The molecule has 1 aliphatic heterocycles. The molecule has 0 spiro atoms. The number of benzene rings is 3. The summed E-state index contributed by atoms with van der Waals surface area (Å²) in [6.07, 6.45) is 8.58. The van der Waals surface area contributed by atoms with Crippen molar-refractivity contribution in [2.45, 2.75) is 13.8 Å². The van der Waals surface area contributed by atoms with Gasteiger partial charge < -0.3 is 0 Å². The van der Waals surface area contributed by atoms with Crippen LogP contribution in [0.3, 0.4) is 0 Å². The Morgan fingerprint density at radius 3 is 1.72 bits per heavy atom. The summed E-state index contributed by atoms with van der Waals surface area (Å²) in [4.78, 5) is 4.08. The van der Waals surface area contributed by atoms with Gasteiger partial charge in [0, 0.05) is 4.88 Å². The first-order valence-corrected chi connectivity index (χ1v) is 20.9. The van der Waals surface area contributed by atoms with Crippen LogP contribution in [0.1, 0.15) is 23.6 Å². The fraction of sp³-hybridized carbons (Fsp3) is 0.0976. The van der Waals surface area contributed by atoms with E-state index in [0.717, 1.165) is 25.1 Å². The predicted molar refractivity (Wildman–Crippen MR) is 208 cm³/mol. The van der Waals surface area contributed by atoms with Crippen LogP contribution in [0.2, 0.25) is 0 Å². The van der Waals surface area contributed by atoms with E-state index in [9.17, 15) is 0 Å². The average molecular weight is 883 g/mol. The van der Waals surface area contributed by atoms with Crippen LogP contribution in [0.15, 0.2) is 150 Å². The van der Waals surface area contributed by atoms with Crippen molar-refractivity contribution in [3.05, 3.63) is 160 Å². The second-order valence-electron chi connectivity index (χ2n) is 11.4. The normalized spacial score (nSPS) is 15.5. The third kappa shape index (κ3) is 6.77. The molecule has 50 heavy (non-hydrogen) atoms. The van der Waals surface area contributed by atoms with Crippen LogP contribution in [0.4, 0.5) is 0 Å². The van der Waals surface area contributed by atoms with Crippen molar-refractivity contribution in [3.8, 4) is 25.8 Å². The molecule has 0 amide bonds. The quantitative estimate of drug-likeness (QED) is 0.136. The molecule has 3 aromatic heterocycles. The molecule has 5 nitrogen and oxygen atoms in total. The summed E-state index contributed by atoms with van der Waals surface area (Å²) < 4.78 is 9.81. The second kappa shape index (κ2) is 15.8. The van der Waals surface area contributed by atoms with Crippen LogP contribution in [-0.2, 0) is 22.7 Å². The van der Waals surface area contributed by atoms with Gasteiger partial charge in [-0.1, -0.05) is 6.08 Å². The minimum atomic E-state index is -2.46. The second-order valence-corrected chi connectivity index (χ2v) is 17.6.